The van der Waals surface area contributed by atoms with Crippen LogP contribution in [0.5, 0.6) is 0 Å². The van der Waals surface area contributed by atoms with E-state index in [0.29, 0.717) is 5.56 Å². The third-order valence-corrected chi connectivity index (χ3v) is 6.33. The molecule has 35 heavy (non-hydrogen) atoms. The van der Waals surface area contributed by atoms with Crippen LogP contribution in [0.15, 0.2) is 42.5 Å². The molecule has 0 radical (unpaired) electrons. The zero-order chi connectivity index (χ0) is 25.5. The first-order valence-corrected chi connectivity index (χ1v) is 10.8. The van der Waals surface area contributed by atoms with Gasteiger partial charge in [-0.15, -0.1) is 0 Å². The molecule has 4 amide bonds. The van der Waals surface area contributed by atoms with Crippen LogP contribution in [0.4, 0.5) is 23.7 Å². The Morgan fingerprint density at radius 3 is 2.37 bits per heavy atom. The number of piperazine rings is 1. The van der Waals surface area contributed by atoms with Crippen molar-refractivity contribution in [2.24, 2.45) is 0 Å². The summed E-state index contributed by atoms with van der Waals surface area (Å²) in [6.07, 6.45) is 0. The summed E-state index contributed by atoms with van der Waals surface area (Å²) in [6, 6.07) is 10.4. The Morgan fingerprint density at radius 1 is 1.17 bits per heavy atom. The molecule has 4 rings (SSSR count). The number of nitrogens with one attached hydrogen (secondary N) is 1. The molecule has 0 aliphatic carbocycles. The Bertz CT molecular complexity index is 1230. The molecule has 2 heterocycles. The molecule has 2 aliphatic rings. The molecule has 0 bridgehead atoms. The van der Waals surface area contributed by atoms with Crippen LogP contribution in [0, 0.1) is 17.1 Å². The fraction of sp³-hybridized carbons (Fsp3) is 0.333. The lowest BCUT2D eigenvalue weighted by molar-refractivity contribution is -0.161. The highest BCUT2D eigenvalue weighted by Crippen LogP contribution is 2.38. The molecule has 0 saturated carbocycles. The number of halogens is 3. The number of anilines is 1. The Balaban J connectivity index is 1.67. The molecule has 0 aromatic heterocycles. The van der Waals surface area contributed by atoms with Crippen LogP contribution in [-0.4, -0.2) is 59.9 Å². The average Bonchev–Trinajstić information content (AvgIpc) is 2.79. The molecule has 0 atom stereocenters. The van der Waals surface area contributed by atoms with E-state index in [1.54, 1.807) is 0 Å². The third-order valence-electron chi connectivity index (χ3n) is 6.33. The van der Waals surface area contributed by atoms with Crippen molar-refractivity contribution >= 4 is 23.5 Å². The van der Waals surface area contributed by atoms with Gasteiger partial charge in [0.1, 0.15) is 12.4 Å². The number of nitriles is 1. The van der Waals surface area contributed by atoms with Crippen LogP contribution in [-0.2, 0) is 22.1 Å². The number of nitrogens with zero attached hydrogens (tertiary/aromatic N) is 4. The van der Waals surface area contributed by atoms with Gasteiger partial charge in [0.05, 0.1) is 30.4 Å². The molecule has 11 heteroatoms. The van der Waals surface area contributed by atoms with E-state index >= 15 is 0 Å². The van der Waals surface area contributed by atoms with E-state index in [9.17, 15) is 27.6 Å². The summed E-state index contributed by atoms with van der Waals surface area (Å²) in [5.41, 5.74) is -1.19. The molecule has 1 spiro atoms. The first kappa shape index (κ1) is 24.1. The van der Waals surface area contributed by atoms with E-state index in [-0.39, 0.29) is 36.4 Å². The highest BCUT2D eigenvalue weighted by atomic mass is 19.3. The van der Waals surface area contributed by atoms with Crippen molar-refractivity contribution in [3.8, 4) is 6.07 Å². The van der Waals surface area contributed by atoms with Gasteiger partial charge in [-0.1, -0.05) is 24.3 Å². The molecule has 8 nitrogen and oxygen atoms in total. The van der Waals surface area contributed by atoms with Gasteiger partial charge in [-0.3, -0.25) is 14.5 Å². The maximum absolute atomic E-state index is 14.7. The highest BCUT2D eigenvalue weighted by molar-refractivity contribution is 6.10. The quantitative estimate of drug-likeness (QED) is 0.720. The molecule has 182 valence electrons. The van der Waals surface area contributed by atoms with Gasteiger partial charge >= 0.3 is 6.03 Å². The van der Waals surface area contributed by atoms with Crippen LogP contribution in [0.3, 0.4) is 0 Å². The largest absolute Gasteiger partial charge is 0.341 e. The predicted molar refractivity (Wildman–Crippen MR) is 119 cm³/mol. The van der Waals surface area contributed by atoms with E-state index in [4.69, 9.17) is 5.26 Å². The van der Waals surface area contributed by atoms with Gasteiger partial charge in [0.25, 0.3) is 11.8 Å². The topological polar surface area (TPSA) is 96.7 Å². The lowest BCUT2D eigenvalue weighted by Gasteiger charge is -2.57. The second-order valence-corrected chi connectivity index (χ2v) is 8.68. The zero-order valence-corrected chi connectivity index (χ0v) is 19.0. The summed E-state index contributed by atoms with van der Waals surface area (Å²) < 4.78 is 41.9. The summed E-state index contributed by atoms with van der Waals surface area (Å²) in [7, 11) is 1.43. The highest BCUT2D eigenvalue weighted by Gasteiger charge is 2.61. The van der Waals surface area contributed by atoms with Crippen molar-refractivity contribution in [3.05, 3.63) is 65.0 Å². The Kier molecular flexibility index (Phi) is 5.92. The Hall–Kier alpha value is -4.07. The molecular weight excluding hydrogens is 463 g/mol. The standard InChI is InChI=1S/C24H22F3N5O3/c1-23(26,27)17-6-3-15(4-7-17)11-32-20(33)12-31(19-8-5-16(10-28)9-18(19)25)21(34)24(32)13-30(14-24)22(35)29-2/h3-9H,11-14H2,1-2H3,(H,29,35). The lowest BCUT2D eigenvalue weighted by Crippen LogP contribution is -2.81. The number of carbonyl (C=O) groups is 3. The van der Waals surface area contributed by atoms with Gasteiger partial charge in [-0.25, -0.2) is 18.0 Å². The minimum atomic E-state index is -3.02. The molecule has 1 N–H and O–H groups in total. The number of likely N-dealkylation sites (tertiary alicyclic amines) is 1. The molecule has 0 unspecified atom stereocenters. The van der Waals surface area contributed by atoms with Gasteiger partial charge < -0.3 is 15.1 Å². The van der Waals surface area contributed by atoms with Gasteiger partial charge in [-0.2, -0.15) is 5.26 Å². The second kappa shape index (κ2) is 8.61. The fourth-order valence-electron chi connectivity index (χ4n) is 4.41. The summed E-state index contributed by atoms with van der Waals surface area (Å²) in [5, 5.41) is 11.4. The summed E-state index contributed by atoms with van der Waals surface area (Å²) in [6.45, 7) is 0.0514. The van der Waals surface area contributed by atoms with Gasteiger partial charge in [0, 0.05) is 26.1 Å². The average molecular weight is 485 g/mol. The Labute approximate surface area is 199 Å². The molecule has 2 saturated heterocycles. The molecule has 2 fully saturated rings. The minimum Gasteiger partial charge on any atom is -0.341 e. The van der Waals surface area contributed by atoms with Crippen molar-refractivity contribution in [1.29, 1.82) is 5.26 Å². The number of amides is 4. The number of hydrogen-bond donors (Lipinski definition) is 1. The summed E-state index contributed by atoms with van der Waals surface area (Å²) in [5.74, 6) is -4.91. The third kappa shape index (κ3) is 4.16. The number of rotatable bonds is 4. The van der Waals surface area contributed by atoms with E-state index in [1.807, 2.05) is 6.07 Å². The molecular formula is C24H22F3N5O3. The van der Waals surface area contributed by atoms with E-state index < -0.39 is 41.7 Å². The van der Waals surface area contributed by atoms with Crippen LogP contribution in [0.1, 0.15) is 23.6 Å². The van der Waals surface area contributed by atoms with Gasteiger partial charge in [0.2, 0.25) is 5.91 Å². The van der Waals surface area contributed by atoms with Crippen molar-refractivity contribution in [2.45, 2.75) is 24.9 Å². The van der Waals surface area contributed by atoms with Crippen molar-refractivity contribution in [1.82, 2.24) is 15.1 Å². The van der Waals surface area contributed by atoms with E-state index in [2.05, 4.69) is 5.32 Å². The Morgan fingerprint density at radius 2 is 1.83 bits per heavy atom. The van der Waals surface area contributed by atoms with Crippen molar-refractivity contribution in [2.75, 3.05) is 31.6 Å². The van der Waals surface area contributed by atoms with Gasteiger partial charge in [-0.05, 0) is 23.8 Å². The smallest absolute Gasteiger partial charge is 0.317 e. The number of carbonyl (C=O) groups excluding carboxylic acids is 3. The van der Waals surface area contributed by atoms with Gasteiger partial charge in [0.15, 0.2) is 5.54 Å². The first-order valence-electron chi connectivity index (χ1n) is 10.8. The molecule has 2 aromatic carbocycles. The monoisotopic (exact) mass is 485 g/mol. The fourth-order valence-corrected chi connectivity index (χ4v) is 4.41. The maximum Gasteiger partial charge on any atom is 0.317 e. The van der Waals surface area contributed by atoms with Crippen molar-refractivity contribution in [3.63, 3.8) is 0 Å². The van der Waals surface area contributed by atoms with Crippen molar-refractivity contribution < 1.29 is 27.6 Å². The SMILES string of the molecule is CNC(=O)N1CC2(C1)C(=O)N(c1ccc(C#N)cc1F)CC(=O)N2Cc1ccc(C(C)(F)F)cc1. The maximum atomic E-state index is 14.7. The van der Waals surface area contributed by atoms with Crippen LogP contribution < -0.4 is 10.2 Å². The van der Waals surface area contributed by atoms with E-state index in [0.717, 1.165) is 17.9 Å². The predicted octanol–water partition coefficient (Wildman–Crippen LogP) is 2.58. The minimum absolute atomic E-state index is 0.0502. The van der Waals surface area contributed by atoms with Crippen LogP contribution in [0.2, 0.25) is 0 Å². The normalized spacial score (nSPS) is 17.3. The summed E-state index contributed by atoms with van der Waals surface area (Å²) >= 11 is 0. The lowest BCUT2D eigenvalue weighted by atomic mass is 9.83. The van der Waals surface area contributed by atoms with Crippen LogP contribution >= 0.6 is 0 Å². The van der Waals surface area contributed by atoms with E-state index in [1.165, 1.54) is 53.2 Å². The summed E-state index contributed by atoms with van der Waals surface area (Å²) in [4.78, 5) is 42.7. The van der Waals surface area contributed by atoms with Crippen LogP contribution in [0.25, 0.3) is 0 Å². The molecule has 2 aliphatic heterocycles. The second-order valence-electron chi connectivity index (χ2n) is 8.68. The zero-order valence-electron chi connectivity index (χ0n) is 19.0. The number of urea groups is 1. The molecule has 2 aromatic rings. The number of hydrogen-bond acceptors (Lipinski definition) is 4. The number of benzene rings is 2. The first-order chi connectivity index (χ1) is 16.5. The number of alkyl halides is 2.